The van der Waals surface area contributed by atoms with Crippen molar-refractivity contribution >= 4 is 37.2 Å². The quantitative estimate of drug-likeness (QED) is 0.507. The van der Waals surface area contributed by atoms with Gasteiger partial charge < -0.3 is 0 Å². The first kappa shape index (κ1) is 47.6. The van der Waals surface area contributed by atoms with Crippen LogP contribution in [0.2, 0.25) is 0 Å². The molecule has 8 radical (unpaired) electrons. The molecule has 5 heavy (non-hydrogen) atoms. The Morgan fingerprint density at radius 3 is 1.00 bits per heavy atom. The molecule has 0 heterocycles. The van der Waals surface area contributed by atoms with Crippen molar-refractivity contribution in [3.63, 3.8) is 0 Å². The van der Waals surface area contributed by atoms with Crippen LogP contribution in [0.3, 0.4) is 0 Å². The molecule has 0 rings (SSSR count). The number of hydrogen-bond donors (Lipinski definition) is 0. The predicted octanol–water partition coefficient (Wildman–Crippen LogP) is -0.769. The zero-order chi connectivity index (χ0) is 0. The topological polar surface area (TPSA) is 0 Å². The van der Waals surface area contributed by atoms with Crippen LogP contribution < -0.4 is 0 Å². The van der Waals surface area contributed by atoms with Gasteiger partial charge in [-0.3, -0.25) is 0 Å². The van der Waals surface area contributed by atoms with E-state index in [1.165, 1.54) is 0 Å². The van der Waals surface area contributed by atoms with Crippen LogP contribution in [0, 0.1) is 0 Å². The van der Waals surface area contributed by atoms with Crippen LogP contribution in [0.25, 0.3) is 0 Å². The summed E-state index contributed by atoms with van der Waals surface area (Å²) in [5, 5.41) is 0. The molecule has 0 bridgehead atoms. The van der Waals surface area contributed by atoms with Gasteiger partial charge >= 0.3 is 0 Å². The van der Waals surface area contributed by atoms with Crippen LogP contribution in [-0.4, -0.2) is 37.2 Å². The second kappa shape index (κ2) is 29.9. The van der Waals surface area contributed by atoms with E-state index in [1.807, 2.05) is 0 Å². The number of hydrogen-bond acceptors (Lipinski definition) is 0. The van der Waals surface area contributed by atoms with Gasteiger partial charge in [-0.2, -0.15) is 0 Å². The fourth-order valence-corrected chi connectivity index (χ4v) is 0. The summed E-state index contributed by atoms with van der Waals surface area (Å²) in [5.41, 5.74) is 0. The van der Waals surface area contributed by atoms with Gasteiger partial charge in [0.2, 0.25) is 0 Å². The van der Waals surface area contributed by atoms with E-state index in [0.717, 1.165) is 0 Å². The van der Waals surface area contributed by atoms with Crippen molar-refractivity contribution in [2.75, 3.05) is 0 Å². The third-order valence-corrected chi connectivity index (χ3v) is 0. The van der Waals surface area contributed by atoms with Crippen LogP contribution >= 0.6 is 0 Å². The first-order valence-corrected chi connectivity index (χ1v) is 0. The van der Waals surface area contributed by atoms with Crippen molar-refractivity contribution in [3.05, 3.63) is 0 Å². The molecule has 0 saturated carbocycles. The Morgan fingerprint density at radius 2 is 1.00 bits per heavy atom. The molecule has 5 heteroatoms. The summed E-state index contributed by atoms with van der Waals surface area (Å²) in [4.78, 5) is 0. The van der Waals surface area contributed by atoms with E-state index in [4.69, 9.17) is 0 Å². The zero-order valence-electron chi connectivity index (χ0n) is 2.18. The van der Waals surface area contributed by atoms with Gasteiger partial charge in [-0.15, -0.1) is 0 Å². The monoisotopic (exact) mass is 268 g/mol. The van der Waals surface area contributed by atoms with Crippen molar-refractivity contribution in [2.24, 2.45) is 0 Å². The molecule has 0 aromatic rings. The minimum Gasteiger partial charge on any atom is 0 e. The molecule has 0 unspecified atom stereocenters. The Morgan fingerprint density at radius 1 is 1.00 bits per heavy atom. The van der Waals surface area contributed by atoms with Crippen molar-refractivity contribution < 1.29 is 50.3 Å². The molecular formula is AlCoGaMnNi. The maximum absolute atomic E-state index is 0. The van der Waals surface area contributed by atoms with E-state index in [9.17, 15) is 0 Å². The van der Waals surface area contributed by atoms with Gasteiger partial charge in [0.15, 0.2) is 0 Å². The molecule has 0 amide bonds. The van der Waals surface area contributed by atoms with Crippen molar-refractivity contribution in [1.82, 2.24) is 0 Å². The van der Waals surface area contributed by atoms with Gasteiger partial charge in [0, 0.05) is 87.5 Å². The van der Waals surface area contributed by atoms with Gasteiger partial charge in [-0.25, -0.2) is 0 Å². The van der Waals surface area contributed by atoms with Crippen LogP contribution in [-0.2, 0) is 50.3 Å². The average molecular weight is 269 g/mol. The molecule has 32 valence electrons. The SMILES string of the molecule is [Al].[Co].[Ga].[Mn].[Ni]. The third kappa shape index (κ3) is 20.3. The molecule has 0 nitrogen and oxygen atoms in total. The molecule has 0 aromatic heterocycles. The minimum absolute atomic E-state index is 0. The molecule has 0 aliphatic rings. The molecule has 0 fully saturated rings. The van der Waals surface area contributed by atoms with Crippen molar-refractivity contribution in [1.29, 1.82) is 0 Å². The van der Waals surface area contributed by atoms with Gasteiger partial charge in [0.05, 0.1) is 0 Å². The van der Waals surface area contributed by atoms with Gasteiger partial charge in [0.25, 0.3) is 0 Å². The molecule has 0 aliphatic carbocycles. The third-order valence-electron chi connectivity index (χ3n) is 0. The van der Waals surface area contributed by atoms with E-state index in [2.05, 4.69) is 0 Å². The van der Waals surface area contributed by atoms with Crippen molar-refractivity contribution in [3.8, 4) is 0 Å². The summed E-state index contributed by atoms with van der Waals surface area (Å²) in [7, 11) is 0. The second-order valence-electron chi connectivity index (χ2n) is 0. The Hall–Kier alpha value is 2.69. The Kier molecular flexibility index (Phi) is 285. The standard InChI is InChI=1S/Al.Co.Ga.Mn.Ni. The van der Waals surface area contributed by atoms with E-state index in [0.29, 0.717) is 0 Å². The second-order valence-corrected chi connectivity index (χ2v) is 0. The normalized spacial score (nSPS) is 0. The minimum atomic E-state index is 0. The Labute approximate surface area is 86.4 Å². The van der Waals surface area contributed by atoms with Crippen LogP contribution in [0.5, 0.6) is 0 Å². The van der Waals surface area contributed by atoms with Crippen LogP contribution in [0.4, 0.5) is 0 Å². The molecule has 0 saturated heterocycles. The smallest absolute Gasteiger partial charge is 0 e. The molecule has 0 spiro atoms. The fraction of sp³-hybridized carbons (Fsp3) is 0. The molecule has 0 aliphatic heterocycles. The average Bonchev–Trinajstić information content (AvgIpc) is 0. The van der Waals surface area contributed by atoms with E-state index < -0.39 is 0 Å². The van der Waals surface area contributed by atoms with E-state index in [-0.39, 0.29) is 87.5 Å². The molecular weight excluding hydrogens is 269 g/mol. The summed E-state index contributed by atoms with van der Waals surface area (Å²) in [6, 6.07) is 0. The maximum atomic E-state index is 0. The fourth-order valence-electron chi connectivity index (χ4n) is 0. The van der Waals surface area contributed by atoms with E-state index >= 15 is 0 Å². The first-order chi connectivity index (χ1) is 0. The summed E-state index contributed by atoms with van der Waals surface area (Å²) >= 11 is 0. The summed E-state index contributed by atoms with van der Waals surface area (Å²) in [6.45, 7) is 0. The maximum Gasteiger partial charge on any atom is 0 e. The first-order valence-electron chi connectivity index (χ1n) is 0. The van der Waals surface area contributed by atoms with Crippen molar-refractivity contribution in [2.45, 2.75) is 0 Å². The Bertz CT molecular complexity index is 11.6. The molecule has 0 N–H and O–H groups in total. The zero-order valence-corrected chi connectivity index (χ0v) is 8.97. The Balaban J connectivity index is 0. The number of rotatable bonds is 0. The van der Waals surface area contributed by atoms with Crippen LogP contribution in [0.15, 0.2) is 0 Å². The largest absolute Gasteiger partial charge is 0 e. The van der Waals surface area contributed by atoms with Crippen LogP contribution in [0.1, 0.15) is 0 Å². The van der Waals surface area contributed by atoms with Gasteiger partial charge in [0.1, 0.15) is 0 Å². The predicted molar refractivity (Wildman–Crippen MR) is 11.5 cm³/mol. The molecule has 0 atom stereocenters. The summed E-state index contributed by atoms with van der Waals surface area (Å²) in [6.07, 6.45) is 0. The van der Waals surface area contributed by atoms with Gasteiger partial charge in [-0.05, 0) is 0 Å². The van der Waals surface area contributed by atoms with Gasteiger partial charge in [-0.1, -0.05) is 0 Å². The summed E-state index contributed by atoms with van der Waals surface area (Å²) in [5.74, 6) is 0. The summed E-state index contributed by atoms with van der Waals surface area (Å²) < 4.78 is 0. The molecule has 0 aromatic carbocycles. The van der Waals surface area contributed by atoms with E-state index in [1.54, 1.807) is 0 Å².